The van der Waals surface area contributed by atoms with E-state index in [4.69, 9.17) is 9.52 Å². The summed E-state index contributed by atoms with van der Waals surface area (Å²) >= 11 is 1.51. The number of carboxylic acid groups (broad SMARTS) is 1. The van der Waals surface area contributed by atoms with Crippen molar-refractivity contribution in [3.05, 3.63) is 84.2 Å². The molecule has 0 aliphatic carbocycles. The van der Waals surface area contributed by atoms with Crippen molar-refractivity contribution in [2.75, 3.05) is 13.1 Å². The fraction of sp³-hybridized carbons (Fsp3) is 0.160. The van der Waals surface area contributed by atoms with E-state index in [-0.39, 0.29) is 17.5 Å². The van der Waals surface area contributed by atoms with Gasteiger partial charge in [0.1, 0.15) is 5.58 Å². The minimum atomic E-state index is -0.739. The molecule has 0 radical (unpaired) electrons. The third-order valence-electron chi connectivity index (χ3n) is 5.52. The summed E-state index contributed by atoms with van der Waals surface area (Å²) in [6.07, 6.45) is 0. The van der Waals surface area contributed by atoms with Crippen molar-refractivity contribution in [1.29, 1.82) is 0 Å². The summed E-state index contributed by atoms with van der Waals surface area (Å²) in [5.74, 6) is -1.13. The smallest absolute Gasteiger partial charge is 0.309 e. The molecule has 2 heterocycles. The number of carbonyl (C=O) groups is 1. The Morgan fingerprint density at radius 3 is 2.48 bits per heavy atom. The Hall–Kier alpha value is -3.09. The van der Waals surface area contributed by atoms with Gasteiger partial charge in [0.25, 0.3) is 0 Å². The molecular weight excluding hydrogens is 413 g/mol. The van der Waals surface area contributed by atoms with Crippen molar-refractivity contribution < 1.29 is 18.7 Å². The number of fused-ring (bicyclic) bond motifs is 1. The molecule has 4 nitrogen and oxygen atoms in total. The molecule has 156 valence electrons. The van der Waals surface area contributed by atoms with Crippen LogP contribution in [0, 0.1) is 11.7 Å². The van der Waals surface area contributed by atoms with Crippen LogP contribution in [0.5, 0.6) is 0 Å². The number of hydrogen-bond acceptors (Lipinski definition) is 4. The average molecular weight is 434 g/mol. The van der Waals surface area contributed by atoms with E-state index in [0.717, 1.165) is 15.4 Å². The van der Waals surface area contributed by atoms with E-state index < -0.39 is 5.97 Å². The van der Waals surface area contributed by atoms with E-state index in [0.29, 0.717) is 36.2 Å². The third-order valence-corrected chi connectivity index (χ3v) is 6.59. The van der Waals surface area contributed by atoms with Gasteiger partial charge in [-0.15, -0.1) is 0 Å². The van der Waals surface area contributed by atoms with Gasteiger partial charge in [0.2, 0.25) is 0 Å². The van der Waals surface area contributed by atoms with Gasteiger partial charge in [-0.25, -0.2) is 4.39 Å². The molecule has 0 atom stereocenters. The summed E-state index contributed by atoms with van der Waals surface area (Å²) in [6.45, 7) is 1.82. The number of carboxylic acids is 1. The van der Waals surface area contributed by atoms with Crippen molar-refractivity contribution in [3.8, 4) is 11.3 Å². The highest BCUT2D eigenvalue weighted by atomic mass is 32.2. The van der Waals surface area contributed by atoms with Crippen LogP contribution in [0.2, 0.25) is 0 Å². The predicted molar refractivity (Wildman–Crippen MR) is 119 cm³/mol. The van der Waals surface area contributed by atoms with Crippen LogP contribution >= 0.6 is 11.8 Å². The molecule has 1 saturated heterocycles. The molecule has 0 bridgehead atoms. The van der Waals surface area contributed by atoms with Crippen molar-refractivity contribution in [2.45, 2.75) is 16.3 Å². The van der Waals surface area contributed by atoms with E-state index in [1.807, 2.05) is 66.7 Å². The number of nitrogens with zero attached hydrogens (tertiary/aromatic N) is 1. The van der Waals surface area contributed by atoms with Crippen molar-refractivity contribution in [2.24, 2.45) is 5.92 Å². The predicted octanol–water partition coefficient (Wildman–Crippen LogP) is 5.91. The SMILES string of the molecule is O=C(O)C1CN(Cc2ccc(-c3oc4cccc(Sc5ccccc5)c4c3F)cc2)C1. The third kappa shape index (κ3) is 3.96. The van der Waals surface area contributed by atoms with Gasteiger partial charge in [-0.2, -0.15) is 0 Å². The van der Waals surface area contributed by atoms with E-state index in [1.54, 1.807) is 6.07 Å². The first-order chi connectivity index (χ1) is 15.1. The molecule has 31 heavy (non-hydrogen) atoms. The van der Waals surface area contributed by atoms with E-state index in [1.165, 1.54) is 11.8 Å². The fourth-order valence-corrected chi connectivity index (χ4v) is 4.83. The van der Waals surface area contributed by atoms with Gasteiger partial charge in [0, 0.05) is 35.0 Å². The summed E-state index contributed by atoms with van der Waals surface area (Å²) in [6, 6.07) is 23.0. The Bertz CT molecular complexity index is 1230. The molecule has 0 spiro atoms. The van der Waals surface area contributed by atoms with Crippen LogP contribution in [-0.4, -0.2) is 29.1 Å². The van der Waals surface area contributed by atoms with Gasteiger partial charge < -0.3 is 9.52 Å². The molecule has 6 heteroatoms. The van der Waals surface area contributed by atoms with Gasteiger partial charge in [0.05, 0.1) is 11.3 Å². The van der Waals surface area contributed by atoms with Crippen LogP contribution in [-0.2, 0) is 11.3 Å². The lowest BCUT2D eigenvalue weighted by Gasteiger charge is -2.36. The second-order valence-electron chi connectivity index (χ2n) is 7.72. The lowest BCUT2D eigenvalue weighted by Crippen LogP contribution is -2.49. The van der Waals surface area contributed by atoms with E-state index in [9.17, 15) is 4.79 Å². The number of benzene rings is 3. The van der Waals surface area contributed by atoms with Crippen molar-refractivity contribution >= 4 is 28.7 Å². The first-order valence-corrected chi connectivity index (χ1v) is 10.9. The van der Waals surface area contributed by atoms with Gasteiger partial charge in [-0.3, -0.25) is 9.69 Å². The summed E-state index contributed by atoms with van der Waals surface area (Å²) in [5, 5.41) is 9.49. The van der Waals surface area contributed by atoms with Crippen LogP contribution < -0.4 is 0 Å². The zero-order valence-corrected chi connectivity index (χ0v) is 17.4. The number of furan rings is 1. The Morgan fingerprint density at radius 2 is 1.77 bits per heavy atom. The van der Waals surface area contributed by atoms with E-state index in [2.05, 4.69) is 4.90 Å². The highest BCUT2D eigenvalue weighted by molar-refractivity contribution is 7.99. The quantitative estimate of drug-likeness (QED) is 0.410. The first kappa shape index (κ1) is 19.8. The summed E-state index contributed by atoms with van der Waals surface area (Å²) < 4.78 is 21.3. The van der Waals surface area contributed by atoms with Gasteiger partial charge in [0.15, 0.2) is 11.6 Å². The lowest BCUT2D eigenvalue weighted by molar-refractivity contribution is -0.147. The highest BCUT2D eigenvalue weighted by Crippen LogP contribution is 2.40. The molecule has 0 amide bonds. The Kier molecular flexibility index (Phi) is 5.26. The monoisotopic (exact) mass is 433 g/mol. The Balaban J connectivity index is 1.38. The molecule has 1 N–H and O–H groups in total. The average Bonchev–Trinajstić information content (AvgIpc) is 3.09. The molecule has 4 aromatic rings. The molecular formula is C25H20FNO3S. The van der Waals surface area contributed by atoms with Crippen LogP contribution in [0.1, 0.15) is 5.56 Å². The van der Waals surface area contributed by atoms with Crippen LogP contribution in [0.25, 0.3) is 22.3 Å². The number of likely N-dealkylation sites (tertiary alicyclic amines) is 1. The highest BCUT2D eigenvalue weighted by Gasteiger charge is 2.32. The summed E-state index contributed by atoms with van der Waals surface area (Å²) in [5.41, 5.74) is 2.27. The second-order valence-corrected chi connectivity index (χ2v) is 8.83. The van der Waals surface area contributed by atoms with Crippen LogP contribution in [0.4, 0.5) is 4.39 Å². The standard InChI is InChI=1S/C25H20FNO3S/c26-23-22-20(7-4-8-21(22)31-19-5-2-1-3-6-19)30-24(23)17-11-9-16(10-12-17)13-27-14-18(15-27)25(28)29/h1-12,18H,13-15H2,(H,28,29). The Morgan fingerprint density at radius 1 is 1.03 bits per heavy atom. The van der Waals surface area contributed by atoms with Gasteiger partial charge in [-0.05, 0) is 29.8 Å². The van der Waals surface area contributed by atoms with Crippen LogP contribution in [0.15, 0.2) is 87.0 Å². The second kappa shape index (κ2) is 8.21. The molecule has 0 saturated carbocycles. The topological polar surface area (TPSA) is 53.7 Å². The zero-order valence-electron chi connectivity index (χ0n) is 16.6. The number of rotatable bonds is 6. The zero-order chi connectivity index (χ0) is 21.4. The molecule has 1 fully saturated rings. The Labute approximate surface area is 183 Å². The summed E-state index contributed by atoms with van der Waals surface area (Å²) in [4.78, 5) is 14.9. The minimum absolute atomic E-state index is 0.234. The molecule has 1 aliphatic heterocycles. The van der Waals surface area contributed by atoms with Crippen molar-refractivity contribution in [3.63, 3.8) is 0 Å². The normalized spacial score (nSPS) is 14.6. The maximum absolute atomic E-state index is 15.4. The largest absolute Gasteiger partial charge is 0.481 e. The van der Waals surface area contributed by atoms with Gasteiger partial charge in [-0.1, -0.05) is 60.3 Å². The number of halogens is 1. The molecule has 1 aromatic heterocycles. The maximum atomic E-state index is 15.4. The van der Waals surface area contributed by atoms with Gasteiger partial charge >= 0.3 is 5.97 Å². The molecule has 3 aromatic carbocycles. The molecule has 0 unspecified atom stereocenters. The molecule has 1 aliphatic rings. The van der Waals surface area contributed by atoms with Crippen molar-refractivity contribution in [1.82, 2.24) is 4.90 Å². The maximum Gasteiger partial charge on any atom is 0.309 e. The lowest BCUT2D eigenvalue weighted by atomic mass is 9.99. The molecule has 5 rings (SSSR count). The fourth-order valence-electron chi connectivity index (χ4n) is 3.84. The summed E-state index contributed by atoms with van der Waals surface area (Å²) in [7, 11) is 0. The first-order valence-electron chi connectivity index (χ1n) is 10.1. The number of aliphatic carboxylic acids is 1. The van der Waals surface area contributed by atoms with E-state index >= 15 is 4.39 Å². The minimum Gasteiger partial charge on any atom is -0.481 e. The van der Waals surface area contributed by atoms with Crippen LogP contribution in [0.3, 0.4) is 0 Å². The number of hydrogen-bond donors (Lipinski definition) is 1.